The Morgan fingerprint density at radius 2 is 1.90 bits per heavy atom. The molecule has 4 heterocycles. The quantitative estimate of drug-likeness (QED) is 0.290. The summed E-state index contributed by atoms with van der Waals surface area (Å²) < 4.78 is 5.34. The number of carbonyl (C=O) groups is 2. The lowest BCUT2D eigenvalue weighted by molar-refractivity contribution is -0.743. The molecule has 1 fully saturated rings. The van der Waals surface area contributed by atoms with E-state index < -0.39 is 6.03 Å². The number of nitrogens with one attached hydrogen (secondary N) is 3. The predicted molar refractivity (Wildman–Crippen MR) is 153 cm³/mol. The molecule has 5 rings (SSSR count). The zero-order valence-corrected chi connectivity index (χ0v) is 22.9. The minimum absolute atomic E-state index is 0.0614. The lowest BCUT2D eigenvalue weighted by atomic mass is 10.1. The van der Waals surface area contributed by atoms with Gasteiger partial charge in [0.05, 0.1) is 43.9 Å². The van der Waals surface area contributed by atoms with E-state index in [9.17, 15) is 19.8 Å². The van der Waals surface area contributed by atoms with Gasteiger partial charge in [0.15, 0.2) is 6.67 Å². The number of aliphatic hydroxyl groups excluding tert-OH is 2. The molecule has 1 aromatic carbocycles. The number of benzene rings is 1. The molecular formula is C28H35N8O5+. The number of quaternary nitrogens is 1. The summed E-state index contributed by atoms with van der Waals surface area (Å²) in [6, 6.07) is 8.81. The normalized spacial score (nSPS) is 18.0. The second-order valence-electron chi connectivity index (χ2n) is 9.77. The number of aliphatic hydroxyl groups is 2. The molecule has 2 aromatic rings. The van der Waals surface area contributed by atoms with Crippen LogP contribution in [-0.2, 0) is 4.74 Å². The van der Waals surface area contributed by atoms with Gasteiger partial charge in [-0.05, 0) is 36.8 Å². The number of urea groups is 1. The third kappa shape index (κ3) is 6.38. The first-order chi connectivity index (χ1) is 20.0. The van der Waals surface area contributed by atoms with Crippen molar-refractivity contribution in [1.82, 2.24) is 14.8 Å². The molecule has 41 heavy (non-hydrogen) atoms. The highest BCUT2D eigenvalue weighted by Crippen LogP contribution is 2.28. The highest BCUT2D eigenvalue weighted by atomic mass is 16.5. The molecule has 0 aliphatic carbocycles. The van der Waals surface area contributed by atoms with Gasteiger partial charge in [-0.2, -0.15) is 4.99 Å². The number of hydrogen-bond acceptors (Lipinski definition) is 9. The average molecular weight is 564 g/mol. The van der Waals surface area contributed by atoms with Crippen LogP contribution < -0.4 is 20.4 Å². The van der Waals surface area contributed by atoms with Crippen molar-refractivity contribution >= 4 is 35.0 Å². The number of nitrogens with zero attached hydrogens (tertiary/aromatic N) is 5. The first kappa shape index (κ1) is 28.2. The molecule has 1 aromatic heterocycles. The molecule has 0 saturated carbocycles. The Morgan fingerprint density at radius 1 is 1.12 bits per heavy atom. The number of hydrogen-bond donors (Lipinski definition) is 5. The van der Waals surface area contributed by atoms with Gasteiger partial charge in [-0.15, -0.1) is 0 Å². The summed E-state index contributed by atoms with van der Waals surface area (Å²) in [5.41, 5.74) is 3.65. The van der Waals surface area contributed by atoms with Gasteiger partial charge in [0, 0.05) is 44.3 Å². The summed E-state index contributed by atoms with van der Waals surface area (Å²) in [6.45, 7) is 4.59. The van der Waals surface area contributed by atoms with Crippen LogP contribution in [0.1, 0.15) is 15.9 Å². The van der Waals surface area contributed by atoms with E-state index in [0.29, 0.717) is 50.0 Å². The van der Waals surface area contributed by atoms with Gasteiger partial charge in [-0.25, -0.2) is 14.7 Å². The van der Waals surface area contributed by atoms with Crippen LogP contribution in [0.5, 0.6) is 0 Å². The third-order valence-electron chi connectivity index (χ3n) is 7.12. The van der Waals surface area contributed by atoms with Gasteiger partial charge in [-0.3, -0.25) is 9.69 Å². The molecule has 3 aliphatic heterocycles. The smallest absolute Gasteiger partial charge is 0.322 e. The summed E-state index contributed by atoms with van der Waals surface area (Å²) in [6.07, 6.45) is 7.27. The Balaban J connectivity index is 1.34. The van der Waals surface area contributed by atoms with Gasteiger partial charge in [-0.1, -0.05) is 6.07 Å². The van der Waals surface area contributed by atoms with Gasteiger partial charge in [0.1, 0.15) is 17.7 Å². The third-order valence-corrected chi connectivity index (χ3v) is 7.12. The number of carbonyl (C=O) groups excluding carboxylic acids is 2. The number of ether oxygens (including phenoxy) is 1. The fraction of sp³-hybridized carbons (Fsp3) is 0.357. The molecule has 0 bridgehead atoms. The lowest BCUT2D eigenvalue weighted by Crippen LogP contribution is -3.12. The van der Waals surface area contributed by atoms with E-state index in [1.54, 1.807) is 29.4 Å². The van der Waals surface area contributed by atoms with E-state index in [1.807, 2.05) is 37.5 Å². The fourth-order valence-electron chi connectivity index (χ4n) is 4.93. The molecule has 0 spiro atoms. The number of aromatic nitrogens is 1. The van der Waals surface area contributed by atoms with E-state index in [2.05, 4.69) is 25.5 Å². The first-order valence-electron chi connectivity index (χ1n) is 13.5. The zero-order chi connectivity index (χ0) is 28.8. The summed E-state index contributed by atoms with van der Waals surface area (Å²) in [5.74, 6) is 1.34. The van der Waals surface area contributed by atoms with E-state index in [-0.39, 0.29) is 32.2 Å². The Labute approximate surface area is 238 Å². The topological polar surface area (TPSA) is 147 Å². The second-order valence-corrected chi connectivity index (χ2v) is 9.77. The molecule has 0 radical (unpaired) electrons. The van der Waals surface area contributed by atoms with Crippen LogP contribution in [0.15, 0.2) is 65.8 Å². The van der Waals surface area contributed by atoms with Crippen LogP contribution in [0.3, 0.4) is 0 Å². The average Bonchev–Trinajstić information content (AvgIpc) is 3.48. The van der Waals surface area contributed by atoms with Crippen LogP contribution in [0.2, 0.25) is 0 Å². The molecule has 3 amide bonds. The second kappa shape index (κ2) is 12.9. The summed E-state index contributed by atoms with van der Waals surface area (Å²) in [4.78, 5) is 40.8. The van der Waals surface area contributed by atoms with Crippen molar-refractivity contribution in [3.8, 4) is 0 Å². The number of pyridine rings is 1. The Morgan fingerprint density at radius 3 is 2.61 bits per heavy atom. The van der Waals surface area contributed by atoms with E-state index >= 15 is 0 Å². The van der Waals surface area contributed by atoms with Crippen LogP contribution in [0.4, 0.5) is 22.0 Å². The maximum Gasteiger partial charge on any atom is 0.322 e. The maximum atomic E-state index is 12.8. The number of amidine groups is 1. The Kier molecular flexibility index (Phi) is 8.89. The number of aliphatic imine (C=N–C) groups is 1. The molecule has 13 heteroatoms. The molecule has 5 N–H and O–H groups in total. The predicted octanol–water partition coefficient (Wildman–Crippen LogP) is 0.180. The standard InChI is InChI=1S/C28H34N8O5/c1-20-22(32-28(40)34(9-13-37)10-14-38)3-2-4-24(20)36-18-23(26-29-7-8-35(26)19-36)31-25-6-5-21(17-30-25)27(39)33-11-15-41-16-12-33/h2-8,17-18,37-38H,9-16,19H2,1H3,(H,30,31)(H,32,40)/p+1. The number of anilines is 3. The largest absolute Gasteiger partial charge is 0.395 e. The van der Waals surface area contributed by atoms with Crippen molar-refractivity contribution in [3.05, 3.63) is 72.0 Å². The molecule has 1 unspecified atom stereocenters. The van der Waals surface area contributed by atoms with Crippen molar-refractivity contribution in [2.45, 2.75) is 6.92 Å². The lowest BCUT2D eigenvalue weighted by Gasteiger charge is -2.31. The van der Waals surface area contributed by atoms with Crippen molar-refractivity contribution in [2.24, 2.45) is 4.99 Å². The molecule has 216 valence electrons. The van der Waals surface area contributed by atoms with Crippen molar-refractivity contribution in [2.75, 3.05) is 74.8 Å². The first-order valence-corrected chi connectivity index (χ1v) is 13.5. The molecule has 1 saturated heterocycles. The zero-order valence-electron chi connectivity index (χ0n) is 22.9. The summed E-state index contributed by atoms with van der Waals surface area (Å²) in [5, 5.41) is 24.8. The molecule has 1 atom stereocenters. The van der Waals surface area contributed by atoms with E-state index in [4.69, 9.17) is 4.74 Å². The number of fused-ring (bicyclic) bond motifs is 1. The summed E-state index contributed by atoms with van der Waals surface area (Å²) in [7, 11) is 0. The molecule has 3 aliphatic rings. The summed E-state index contributed by atoms with van der Waals surface area (Å²) >= 11 is 0. The van der Waals surface area contributed by atoms with Gasteiger partial charge in [0.25, 0.3) is 11.7 Å². The van der Waals surface area contributed by atoms with Crippen LogP contribution in [0, 0.1) is 6.92 Å². The van der Waals surface area contributed by atoms with Crippen LogP contribution >= 0.6 is 0 Å². The van der Waals surface area contributed by atoms with Crippen LogP contribution in [-0.4, -0.2) is 102 Å². The fourth-order valence-corrected chi connectivity index (χ4v) is 4.93. The van der Waals surface area contributed by atoms with Gasteiger partial charge < -0.3 is 35.4 Å². The Bertz CT molecular complexity index is 1350. The number of amides is 3. The van der Waals surface area contributed by atoms with Gasteiger partial charge >= 0.3 is 6.03 Å². The SMILES string of the molecule is Cc1c(NC(=O)N(CCO)CCO)cccc1N1C=C(Nc2ccc(C(=O)N3CCOCC3)cn2)C2=NC=C[NH+]2C1. The van der Waals surface area contributed by atoms with Gasteiger partial charge in [0.2, 0.25) is 0 Å². The van der Waals surface area contributed by atoms with Crippen molar-refractivity contribution in [3.63, 3.8) is 0 Å². The molecular weight excluding hydrogens is 528 g/mol. The highest BCUT2D eigenvalue weighted by molar-refractivity contribution is 5.98. The minimum atomic E-state index is -0.394. The van der Waals surface area contributed by atoms with Crippen LogP contribution in [0.25, 0.3) is 0 Å². The van der Waals surface area contributed by atoms with Crippen molar-refractivity contribution in [1.29, 1.82) is 0 Å². The maximum absolute atomic E-state index is 12.8. The monoisotopic (exact) mass is 563 g/mol. The minimum Gasteiger partial charge on any atom is -0.395 e. The Hall–Kier alpha value is -4.30. The van der Waals surface area contributed by atoms with E-state index in [1.165, 1.54) is 4.90 Å². The molecule has 13 nitrogen and oxygen atoms in total. The highest BCUT2D eigenvalue weighted by Gasteiger charge is 2.32. The van der Waals surface area contributed by atoms with E-state index in [0.717, 1.165) is 27.7 Å². The number of morpholine rings is 1. The number of rotatable bonds is 9. The van der Waals surface area contributed by atoms with Crippen molar-refractivity contribution < 1.29 is 29.4 Å².